The minimum atomic E-state index is -0.570. The van der Waals surface area contributed by atoms with E-state index in [0.29, 0.717) is 36.5 Å². The molecule has 1 saturated heterocycles. The lowest BCUT2D eigenvalue weighted by molar-refractivity contribution is 0.0585. The summed E-state index contributed by atoms with van der Waals surface area (Å²) in [5, 5.41) is 0.662. The van der Waals surface area contributed by atoms with Crippen LogP contribution in [0.1, 0.15) is 28.9 Å². The highest BCUT2D eigenvalue weighted by Crippen LogP contribution is 2.22. The van der Waals surface area contributed by atoms with Crippen LogP contribution in [0.25, 0.3) is 0 Å². The van der Waals surface area contributed by atoms with Crippen LogP contribution in [0.15, 0.2) is 36.5 Å². The zero-order valence-corrected chi connectivity index (χ0v) is 14.1. The molecule has 0 spiro atoms. The molecule has 0 saturated carbocycles. The number of carbonyl (C=O) groups excluding carboxylic acids is 1. The van der Waals surface area contributed by atoms with Crippen molar-refractivity contribution in [3.8, 4) is 5.75 Å². The van der Waals surface area contributed by atoms with Crippen molar-refractivity contribution < 1.29 is 13.9 Å². The molecule has 1 aliphatic heterocycles. The molecule has 0 atom stereocenters. The maximum atomic E-state index is 13.9. The number of rotatable bonds is 3. The van der Waals surface area contributed by atoms with Crippen LogP contribution in [0.5, 0.6) is 5.75 Å². The fourth-order valence-corrected chi connectivity index (χ4v) is 2.85. The van der Waals surface area contributed by atoms with Gasteiger partial charge in [-0.2, -0.15) is 0 Å². The number of pyridine rings is 1. The number of hydrogen-bond donors (Lipinski definition) is 0. The van der Waals surface area contributed by atoms with Crippen molar-refractivity contribution in [3.05, 3.63) is 58.6 Å². The van der Waals surface area contributed by atoms with Crippen LogP contribution in [-0.4, -0.2) is 35.0 Å². The quantitative estimate of drug-likeness (QED) is 0.845. The third kappa shape index (κ3) is 3.85. The van der Waals surface area contributed by atoms with E-state index < -0.39 is 5.82 Å². The Labute approximate surface area is 145 Å². The Balaban J connectivity index is 1.58. The summed E-state index contributed by atoms with van der Waals surface area (Å²) in [6, 6.07) is 8.54. The number of carbonyl (C=O) groups is 1. The first-order valence-corrected chi connectivity index (χ1v) is 8.24. The van der Waals surface area contributed by atoms with Gasteiger partial charge in [-0.3, -0.25) is 4.79 Å². The lowest BCUT2D eigenvalue weighted by Gasteiger charge is -2.32. The van der Waals surface area contributed by atoms with Crippen LogP contribution >= 0.6 is 11.6 Å². The van der Waals surface area contributed by atoms with Gasteiger partial charge in [-0.1, -0.05) is 11.6 Å². The number of ether oxygens (including phenoxy) is 1. The zero-order valence-electron chi connectivity index (χ0n) is 13.3. The fraction of sp³-hybridized carbons (Fsp3) is 0.333. The van der Waals surface area contributed by atoms with E-state index in [4.69, 9.17) is 16.3 Å². The van der Waals surface area contributed by atoms with E-state index in [-0.39, 0.29) is 17.7 Å². The number of piperidine rings is 1. The van der Waals surface area contributed by atoms with Crippen LogP contribution < -0.4 is 4.74 Å². The Morgan fingerprint density at radius 2 is 1.96 bits per heavy atom. The van der Waals surface area contributed by atoms with E-state index in [1.165, 1.54) is 12.3 Å². The molecule has 1 amide bonds. The molecule has 1 aromatic heterocycles. The summed E-state index contributed by atoms with van der Waals surface area (Å²) >= 11 is 5.85. The van der Waals surface area contributed by atoms with Gasteiger partial charge < -0.3 is 9.64 Å². The molecule has 2 aromatic rings. The average Bonchev–Trinajstić information content (AvgIpc) is 2.57. The number of hydrogen-bond acceptors (Lipinski definition) is 3. The standard InChI is InChI=1S/C18H18ClFN2O2/c1-12-10-16(20)17(21-11-12)18(23)22-8-6-15(7-9-22)24-14-4-2-13(19)3-5-14/h2-5,10-11,15H,6-9H2,1H3. The van der Waals surface area contributed by atoms with Gasteiger partial charge >= 0.3 is 0 Å². The van der Waals surface area contributed by atoms with E-state index in [2.05, 4.69) is 4.98 Å². The molecule has 24 heavy (non-hydrogen) atoms. The summed E-state index contributed by atoms with van der Waals surface area (Å²) in [5.74, 6) is -0.174. The van der Waals surface area contributed by atoms with Crippen molar-refractivity contribution >= 4 is 17.5 Å². The van der Waals surface area contributed by atoms with Crippen molar-refractivity contribution in [2.45, 2.75) is 25.9 Å². The molecule has 0 radical (unpaired) electrons. The molecule has 4 nitrogen and oxygen atoms in total. The van der Waals surface area contributed by atoms with Crippen LogP contribution in [0, 0.1) is 12.7 Å². The second-order valence-electron chi connectivity index (χ2n) is 5.91. The molecule has 1 aliphatic rings. The second-order valence-corrected chi connectivity index (χ2v) is 6.34. The monoisotopic (exact) mass is 348 g/mol. The molecular weight excluding hydrogens is 331 g/mol. The van der Waals surface area contributed by atoms with Gasteiger partial charge in [-0.15, -0.1) is 0 Å². The van der Waals surface area contributed by atoms with E-state index in [1.54, 1.807) is 24.0 Å². The minimum absolute atomic E-state index is 0.0334. The smallest absolute Gasteiger partial charge is 0.275 e. The van der Waals surface area contributed by atoms with Crippen LogP contribution in [0.4, 0.5) is 4.39 Å². The Bertz CT molecular complexity index is 728. The minimum Gasteiger partial charge on any atom is -0.490 e. The van der Waals surface area contributed by atoms with Gasteiger partial charge in [0.15, 0.2) is 11.5 Å². The topological polar surface area (TPSA) is 42.4 Å². The third-order valence-electron chi connectivity index (χ3n) is 4.03. The predicted molar refractivity (Wildman–Crippen MR) is 89.9 cm³/mol. The molecule has 0 aliphatic carbocycles. The number of nitrogens with zero attached hydrogens (tertiary/aromatic N) is 2. The van der Waals surface area contributed by atoms with Gasteiger partial charge in [0.25, 0.3) is 5.91 Å². The van der Waals surface area contributed by atoms with Crippen molar-refractivity contribution in [3.63, 3.8) is 0 Å². The van der Waals surface area contributed by atoms with Gasteiger partial charge in [0.1, 0.15) is 11.9 Å². The number of aromatic nitrogens is 1. The second kappa shape index (κ2) is 7.18. The molecule has 2 heterocycles. The van der Waals surface area contributed by atoms with Crippen molar-refractivity contribution in [2.24, 2.45) is 0 Å². The van der Waals surface area contributed by atoms with Gasteiger partial charge in [0.05, 0.1) is 0 Å². The first-order chi connectivity index (χ1) is 11.5. The Hall–Kier alpha value is -2.14. The number of amides is 1. The number of likely N-dealkylation sites (tertiary alicyclic amines) is 1. The molecule has 6 heteroatoms. The largest absolute Gasteiger partial charge is 0.490 e. The Morgan fingerprint density at radius 3 is 2.58 bits per heavy atom. The SMILES string of the molecule is Cc1cnc(C(=O)N2CCC(Oc3ccc(Cl)cc3)CC2)c(F)c1. The maximum absolute atomic E-state index is 13.9. The van der Waals surface area contributed by atoms with E-state index >= 15 is 0 Å². The molecule has 0 unspecified atom stereocenters. The molecule has 3 rings (SSSR count). The van der Waals surface area contributed by atoms with Gasteiger partial charge in [0.2, 0.25) is 0 Å². The van der Waals surface area contributed by atoms with Crippen molar-refractivity contribution in [1.82, 2.24) is 9.88 Å². The van der Waals surface area contributed by atoms with Crippen LogP contribution in [0.3, 0.4) is 0 Å². The molecule has 1 fully saturated rings. The first-order valence-electron chi connectivity index (χ1n) is 7.86. The van der Waals surface area contributed by atoms with E-state index in [1.807, 2.05) is 12.1 Å². The highest BCUT2D eigenvalue weighted by molar-refractivity contribution is 6.30. The summed E-state index contributed by atoms with van der Waals surface area (Å²) in [6.07, 6.45) is 2.93. The van der Waals surface area contributed by atoms with Gasteiger partial charge in [-0.05, 0) is 42.8 Å². The lowest BCUT2D eigenvalue weighted by atomic mass is 10.1. The van der Waals surface area contributed by atoms with Crippen molar-refractivity contribution in [2.75, 3.05) is 13.1 Å². The Kier molecular flexibility index (Phi) is 5.00. The van der Waals surface area contributed by atoms with Crippen molar-refractivity contribution in [1.29, 1.82) is 0 Å². The number of benzene rings is 1. The highest BCUT2D eigenvalue weighted by atomic mass is 35.5. The maximum Gasteiger partial charge on any atom is 0.275 e. The molecule has 0 bridgehead atoms. The molecular formula is C18H18ClFN2O2. The normalized spacial score (nSPS) is 15.4. The lowest BCUT2D eigenvalue weighted by Crippen LogP contribution is -2.42. The summed E-state index contributed by atoms with van der Waals surface area (Å²) in [7, 11) is 0. The number of halogens is 2. The summed E-state index contributed by atoms with van der Waals surface area (Å²) in [5.41, 5.74) is 0.580. The molecule has 1 aromatic carbocycles. The third-order valence-corrected chi connectivity index (χ3v) is 4.28. The Morgan fingerprint density at radius 1 is 1.29 bits per heavy atom. The predicted octanol–water partition coefficient (Wildman–Crippen LogP) is 3.87. The van der Waals surface area contributed by atoms with Gasteiger partial charge in [0, 0.05) is 37.2 Å². The van der Waals surface area contributed by atoms with Crippen LogP contribution in [0.2, 0.25) is 5.02 Å². The van der Waals surface area contributed by atoms with E-state index in [0.717, 1.165) is 5.75 Å². The summed E-state index contributed by atoms with van der Waals surface area (Å²) < 4.78 is 19.8. The first kappa shape index (κ1) is 16.7. The fourth-order valence-electron chi connectivity index (χ4n) is 2.72. The number of aryl methyl sites for hydroxylation is 1. The highest BCUT2D eigenvalue weighted by Gasteiger charge is 2.27. The zero-order chi connectivity index (χ0) is 17.1. The van der Waals surface area contributed by atoms with E-state index in [9.17, 15) is 9.18 Å². The van der Waals surface area contributed by atoms with Gasteiger partial charge in [-0.25, -0.2) is 9.37 Å². The van der Waals surface area contributed by atoms with Crippen LogP contribution in [-0.2, 0) is 0 Å². The molecule has 0 N–H and O–H groups in total. The molecule has 126 valence electrons. The average molecular weight is 349 g/mol. The summed E-state index contributed by atoms with van der Waals surface area (Å²) in [6.45, 7) is 2.78. The summed E-state index contributed by atoms with van der Waals surface area (Å²) in [4.78, 5) is 18.0.